The third kappa shape index (κ3) is 4.95. The Kier molecular flexibility index (Phi) is 6.14. The molecule has 0 radical (unpaired) electrons. The van der Waals surface area contributed by atoms with Gasteiger partial charge < -0.3 is 19.8 Å². The fraction of sp³-hybridized carbons (Fsp3) is 0.188. The summed E-state index contributed by atoms with van der Waals surface area (Å²) in [6, 6.07) is 9.16. The van der Waals surface area contributed by atoms with Crippen molar-refractivity contribution in [3.63, 3.8) is 0 Å². The van der Waals surface area contributed by atoms with Crippen LogP contribution in [0.3, 0.4) is 0 Å². The van der Waals surface area contributed by atoms with Crippen molar-refractivity contribution in [1.29, 1.82) is 0 Å². The molecule has 126 valence electrons. The number of furan rings is 1. The van der Waals surface area contributed by atoms with Crippen LogP contribution >= 0.6 is 15.9 Å². The molecule has 8 heteroatoms. The molecule has 7 nitrogen and oxygen atoms in total. The highest BCUT2D eigenvalue weighted by Crippen LogP contribution is 2.20. The standard InChI is InChI=1S/C16H15BrN2O5/c1-10(18-15(21)13-7-4-8-23-13)16(22)24-9-14(20)19-12-6-3-2-5-11(12)17/h2-8,10H,9H2,1H3,(H,18,21)(H,19,20)/t10-/m0/s1. The molecule has 1 atom stereocenters. The molecule has 2 aromatic rings. The number of hydrogen-bond donors (Lipinski definition) is 2. The highest BCUT2D eigenvalue weighted by molar-refractivity contribution is 9.10. The SMILES string of the molecule is C[C@H](NC(=O)c1ccco1)C(=O)OCC(=O)Nc1ccccc1Br. The molecule has 0 aliphatic rings. The topological polar surface area (TPSA) is 97.6 Å². The van der Waals surface area contributed by atoms with Crippen molar-refractivity contribution in [2.75, 3.05) is 11.9 Å². The number of halogens is 1. The van der Waals surface area contributed by atoms with Crippen LogP contribution in [0.5, 0.6) is 0 Å². The first-order valence-corrected chi connectivity index (χ1v) is 7.82. The number of esters is 1. The van der Waals surface area contributed by atoms with Crippen molar-refractivity contribution in [3.05, 3.63) is 52.9 Å². The predicted octanol–water partition coefficient (Wildman–Crippen LogP) is 2.34. The maximum absolute atomic E-state index is 11.8. The van der Waals surface area contributed by atoms with Crippen LogP contribution in [0.25, 0.3) is 0 Å². The third-order valence-electron chi connectivity index (χ3n) is 2.94. The minimum Gasteiger partial charge on any atom is -0.459 e. The summed E-state index contributed by atoms with van der Waals surface area (Å²) in [7, 11) is 0. The van der Waals surface area contributed by atoms with Gasteiger partial charge in [0.25, 0.3) is 11.8 Å². The summed E-state index contributed by atoms with van der Waals surface area (Å²) in [4.78, 5) is 35.3. The first-order valence-electron chi connectivity index (χ1n) is 7.02. The van der Waals surface area contributed by atoms with Crippen LogP contribution in [0.15, 0.2) is 51.6 Å². The normalized spacial score (nSPS) is 11.4. The summed E-state index contributed by atoms with van der Waals surface area (Å²) >= 11 is 3.30. The number of benzene rings is 1. The fourth-order valence-corrected chi connectivity index (χ4v) is 2.13. The van der Waals surface area contributed by atoms with Gasteiger partial charge >= 0.3 is 5.97 Å². The molecule has 1 aromatic carbocycles. The quantitative estimate of drug-likeness (QED) is 0.732. The van der Waals surface area contributed by atoms with Gasteiger partial charge in [0.15, 0.2) is 12.4 Å². The predicted molar refractivity (Wildman–Crippen MR) is 89.4 cm³/mol. The Morgan fingerprint density at radius 2 is 1.96 bits per heavy atom. The van der Waals surface area contributed by atoms with Crippen molar-refractivity contribution in [2.45, 2.75) is 13.0 Å². The molecule has 0 bridgehead atoms. The van der Waals surface area contributed by atoms with Gasteiger partial charge in [-0.25, -0.2) is 4.79 Å². The molecule has 0 aliphatic heterocycles. The zero-order valence-corrected chi connectivity index (χ0v) is 14.3. The summed E-state index contributed by atoms with van der Waals surface area (Å²) in [5.74, 6) is -1.67. The van der Waals surface area contributed by atoms with E-state index in [1.807, 2.05) is 6.07 Å². The first-order chi connectivity index (χ1) is 11.5. The monoisotopic (exact) mass is 394 g/mol. The van der Waals surface area contributed by atoms with Crippen LogP contribution in [0, 0.1) is 0 Å². The summed E-state index contributed by atoms with van der Waals surface area (Å²) in [6.07, 6.45) is 1.35. The molecule has 24 heavy (non-hydrogen) atoms. The van der Waals surface area contributed by atoms with Gasteiger partial charge in [-0.2, -0.15) is 0 Å². The first kappa shape index (κ1) is 17.7. The molecule has 0 aliphatic carbocycles. The van der Waals surface area contributed by atoms with Gasteiger partial charge in [-0.05, 0) is 47.1 Å². The molecule has 1 aromatic heterocycles. The molecule has 2 amide bonds. The smallest absolute Gasteiger partial charge is 0.328 e. The van der Waals surface area contributed by atoms with Crippen molar-refractivity contribution >= 4 is 39.4 Å². The van der Waals surface area contributed by atoms with Crippen LogP contribution in [0.1, 0.15) is 17.5 Å². The second-order valence-corrected chi connectivity index (χ2v) is 5.66. The van der Waals surface area contributed by atoms with Crippen molar-refractivity contribution in [1.82, 2.24) is 5.32 Å². The number of carbonyl (C=O) groups is 3. The van der Waals surface area contributed by atoms with Gasteiger partial charge in [0, 0.05) is 4.47 Å². The van der Waals surface area contributed by atoms with Crippen LogP contribution < -0.4 is 10.6 Å². The molecule has 0 fully saturated rings. The Labute approximate surface area is 146 Å². The lowest BCUT2D eigenvalue weighted by molar-refractivity contribution is -0.148. The largest absolute Gasteiger partial charge is 0.459 e. The van der Waals surface area contributed by atoms with E-state index < -0.39 is 30.4 Å². The molecule has 1 heterocycles. The summed E-state index contributed by atoms with van der Waals surface area (Å²) < 4.78 is 10.5. The van der Waals surface area contributed by atoms with Gasteiger partial charge in [0.1, 0.15) is 6.04 Å². The molecule has 0 spiro atoms. The Balaban J connectivity index is 1.78. The minimum atomic E-state index is -0.918. The van der Waals surface area contributed by atoms with Crippen LogP contribution in [-0.4, -0.2) is 30.4 Å². The molecular formula is C16H15BrN2O5. The van der Waals surface area contributed by atoms with Crippen LogP contribution in [-0.2, 0) is 14.3 Å². The number of hydrogen-bond acceptors (Lipinski definition) is 5. The Morgan fingerprint density at radius 1 is 1.21 bits per heavy atom. The zero-order chi connectivity index (χ0) is 17.5. The van der Waals surface area contributed by atoms with Gasteiger partial charge in [0.2, 0.25) is 0 Å². The van der Waals surface area contributed by atoms with Gasteiger partial charge in [-0.3, -0.25) is 9.59 Å². The lowest BCUT2D eigenvalue weighted by Crippen LogP contribution is -2.40. The van der Waals surface area contributed by atoms with Crippen LogP contribution in [0.4, 0.5) is 5.69 Å². The Hall–Kier alpha value is -2.61. The highest BCUT2D eigenvalue weighted by atomic mass is 79.9. The van der Waals surface area contributed by atoms with E-state index >= 15 is 0 Å². The van der Waals surface area contributed by atoms with E-state index in [1.165, 1.54) is 19.3 Å². The average molecular weight is 395 g/mol. The van der Waals surface area contributed by atoms with Crippen molar-refractivity contribution < 1.29 is 23.5 Å². The number of carbonyl (C=O) groups excluding carboxylic acids is 3. The second-order valence-electron chi connectivity index (χ2n) is 4.81. The Bertz CT molecular complexity index is 730. The minimum absolute atomic E-state index is 0.0846. The van der Waals surface area contributed by atoms with Gasteiger partial charge in [-0.15, -0.1) is 0 Å². The van der Waals surface area contributed by atoms with E-state index in [9.17, 15) is 14.4 Å². The fourth-order valence-electron chi connectivity index (χ4n) is 1.75. The molecular weight excluding hydrogens is 380 g/mol. The lowest BCUT2D eigenvalue weighted by Gasteiger charge is -2.13. The second kappa shape index (κ2) is 8.30. The van der Waals surface area contributed by atoms with E-state index in [0.29, 0.717) is 10.2 Å². The maximum Gasteiger partial charge on any atom is 0.328 e. The van der Waals surface area contributed by atoms with E-state index in [0.717, 1.165) is 0 Å². The van der Waals surface area contributed by atoms with E-state index in [-0.39, 0.29) is 5.76 Å². The number of para-hydroxylation sites is 1. The average Bonchev–Trinajstić information content (AvgIpc) is 3.09. The summed E-state index contributed by atoms with van der Waals surface area (Å²) in [5.41, 5.74) is 0.567. The van der Waals surface area contributed by atoms with E-state index in [1.54, 1.807) is 24.3 Å². The zero-order valence-electron chi connectivity index (χ0n) is 12.7. The van der Waals surface area contributed by atoms with E-state index in [2.05, 4.69) is 26.6 Å². The van der Waals surface area contributed by atoms with E-state index in [4.69, 9.17) is 9.15 Å². The lowest BCUT2D eigenvalue weighted by atomic mass is 10.3. The summed E-state index contributed by atoms with van der Waals surface area (Å²) in [6.45, 7) is 0.996. The highest BCUT2D eigenvalue weighted by Gasteiger charge is 2.20. The number of amides is 2. The van der Waals surface area contributed by atoms with Gasteiger partial charge in [-0.1, -0.05) is 12.1 Å². The number of anilines is 1. The number of nitrogens with one attached hydrogen (secondary N) is 2. The molecule has 0 saturated carbocycles. The molecule has 2 rings (SSSR count). The van der Waals surface area contributed by atoms with Gasteiger partial charge in [0.05, 0.1) is 12.0 Å². The summed E-state index contributed by atoms with van der Waals surface area (Å²) in [5, 5.41) is 5.02. The number of rotatable bonds is 6. The van der Waals surface area contributed by atoms with Crippen LogP contribution in [0.2, 0.25) is 0 Å². The van der Waals surface area contributed by atoms with Crippen molar-refractivity contribution in [3.8, 4) is 0 Å². The van der Waals surface area contributed by atoms with Crippen molar-refractivity contribution in [2.24, 2.45) is 0 Å². The Morgan fingerprint density at radius 3 is 2.62 bits per heavy atom. The number of ether oxygens (including phenoxy) is 1. The molecule has 2 N–H and O–H groups in total. The third-order valence-corrected chi connectivity index (χ3v) is 3.63. The maximum atomic E-state index is 11.8. The molecule has 0 saturated heterocycles. The molecule has 0 unspecified atom stereocenters.